The molecule has 0 bridgehead atoms. The zero-order chi connectivity index (χ0) is 19.2. The Morgan fingerprint density at radius 3 is 2.93 bits per heavy atom. The molecule has 2 aliphatic rings. The van der Waals surface area contributed by atoms with Crippen LogP contribution in [0.2, 0.25) is 0 Å². The number of amides is 1. The highest BCUT2D eigenvalue weighted by molar-refractivity contribution is 5.93. The summed E-state index contributed by atoms with van der Waals surface area (Å²) in [5.74, 6) is 2.07. The van der Waals surface area contributed by atoms with Gasteiger partial charge in [0.15, 0.2) is 0 Å². The van der Waals surface area contributed by atoms with Crippen LogP contribution < -0.4 is 15.0 Å². The second-order valence-electron chi connectivity index (χ2n) is 7.44. The van der Waals surface area contributed by atoms with Gasteiger partial charge < -0.3 is 19.9 Å². The third-order valence-electron chi connectivity index (χ3n) is 5.42. The molecule has 3 heterocycles. The molecule has 6 heteroatoms. The van der Waals surface area contributed by atoms with Gasteiger partial charge in [-0.15, -0.1) is 0 Å². The quantitative estimate of drug-likeness (QED) is 0.781. The fourth-order valence-electron chi connectivity index (χ4n) is 3.89. The molecule has 0 saturated carbocycles. The third-order valence-corrected chi connectivity index (χ3v) is 5.42. The fraction of sp³-hybridized carbons (Fsp3) is 0.455. The predicted octanol–water partition coefficient (Wildman–Crippen LogP) is 2.95. The molecule has 0 unspecified atom stereocenters. The molecule has 2 aliphatic heterocycles. The van der Waals surface area contributed by atoms with Crippen LogP contribution >= 0.6 is 0 Å². The summed E-state index contributed by atoms with van der Waals surface area (Å²) in [6.45, 7) is 6.05. The molecule has 1 fully saturated rings. The number of hydrogen-bond acceptors (Lipinski definition) is 5. The highest BCUT2D eigenvalue weighted by Crippen LogP contribution is 2.26. The van der Waals surface area contributed by atoms with Crippen LogP contribution in [0.25, 0.3) is 0 Å². The van der Waals surface area contributed by atoms with E-state index in [1.807, 2.05) is 24.4 Å². The van der Waals surface area contributed by atoms with Gasteiger partial charge in [-0.2, -0.15) is 0 Å². The lowest BCUT2D eigenvalue weighted by Gasteiger charge is -2.22. The van der Waals surface area contributed by atoms with Crippen molar-refractivity contribution in [1.29, 1.82) is 0 Å². The van der Waals surface area contributed by atoms with Gasteiger partial charge in [0.05, 0.1) is 6.61 Å². The fourth-order valence-corrected chi connectivity index (χ4v) is 3.89. The zero-order valence-corrected chi connectivity index (χ0v) is 16.3. The van der Waals surface area contributed by atoms with Gasteiger partial charge in [0.25, 0.3) is 0 Å². The molecule has 28 heavy (non-hydrogen) atoms. The van der Waals surface area contributed by atoms with Crippen molar-refractivity contribution < 1.29 is 9.53 Å². The zero-order valence-electron chi connectivity index (χ0n) is 16.3. The van der Waals surface area contributed by atoms with Crippen molar-refractivity contribution in [3.05, 3.63) is 48.2 Å². The van der Waals surface area contributed by atoms with Crippen LogP contribution in [0.15, 0.2) is 42.6 Å². The molecule has 1 N–H and O–H groups in total. The first-order chi connectivity index (χ1) is 13.8. The average molecular weight is 380 g/mol. The molecule has 0 spiro atoms. The number of nitrogens with one attached hydrogen (secondary N) is 1. The van der Waals surface area contributed by atoms with Crippen LogP contribution in [0.4, 0.5) is 11.5 Å². The first kappa shape index (κ1) is 18.7. The number of nitrogens with zero attached hydrogens (tertiary/aromatic N) is 3. The first-order valence-electron chi connectivity index (χ1n) is 10.2. The van der Waals surface area contributed by atoms with Crippen molar-refractivity contribution in [3.63, 3.8) is 0 Å². The smallest absolute Gasteiger partial charge is 0.224 e. The Kier molecular flexibility index (Phi) is 6.07. The molecule has 4 rings (SSSR count). The van der Waals surface area contributed by atoms with E-state index in [0.29, 0.717) is 13.0 Å². The van der Waals surface area contributed by atoms with Gasteiger partial charge in [0.2, 0.25) is 5.91 Å². The van der Waals surface area contributed by atoms with Crippen molar-refractivity contribution in [2.24, 2.45) is 0 Å². The largest absolute Gasteiger partial charge is 0.494 e. The van der Waals surface area contributed by atoms with Gasteiger partial charge in [-0.25, -0.2) is 4.98 Å². The number of rotatable bonds is 6. The monoisotopic (exact) mass is 380 g/mol. The average Bonchev–Trinajstić information content (AvgIpc) is 2.98. The molecular formula is C22H28N4O2. The maximum absolute atomic E-state index is 11.4. The molecule has 0 radical (unpaired) electrons. The topological polar surface area (TPSA) is 57.7 Å². The lowest BCUT2D eigenvalue weighted by molar-refractivity contribution is -0.116. The van der Waals surface area contributed by atoms with Gasteiger partial charge in [-0.3, -0.25) is 4.79 Å². The summed E-state index contributed by atoms with van der Waals surface area (Å²) in [4.78, 5) is 20.8. The van der Waals surface area contributed by atoms with E-state index in [1.165, 1.54) is 5.56 Å². The van der Waals surface area contributed by atoms with Gasteiger partial charge >= 0.3 is 0 Å². The normalized spacial score (nSPS) is 17.6. The molecule has 1 aromatic heterocycles. The molecule has 0 aliphatic carbocycles. The van der Waals surface area contributed by atoms with Crippen LogP contribution in [0.1, 0.15) is 24.8 Å². The van der Waals surface area contributed by atoms with Gasteiger partial charge in [-0.05, 0) is 61.7 Å². The van der Waals surface area contributed by atoms with Crippen molar-refractivity contribution in [3.8, 4) is 5.75 Å². The third kappa shape index (κ3) is 4.81. The standard InChI is InChI=1S/C22H28N4O2/c27-22-9-6-18-17-19(7-8-20(18)24-22)28-16-4-12-25-11-3-13-26(15-14-25)21-5-1-2-10-23-21/h1-2,5,7-8,10,17H,3-4,6,9,11-16H2,(H,24,27). The first-order valence-corrected chi connectivity index (χ1v) is 10.2. The number of fused-ring (bicyclic) bond motifs is 1. The molecule has 1 aromatic carbocycles. The molecular weight excluding hydrogens is 352 g/mol. The number of carbonyl (C=O) groups excluding carboxylic acids is 1. The van der Waals surface area contributed by atoms with E-state index < -0.39 is 0 Å². The minimum Gasteiger partial charge on any atom is -0.494 e. The highest BCUT2D eigenvalue weighted by atomic mass is 16.5. The Hall–Kier alpha value is -2.60. The van der Waals surface area contributed by atoms with Crippen LogP contribution in [-0.4, -0.2) is 55.1 Å². The van der Waals surface area contributed by atoms with Crippen molar-refractivity contribution in [2.45, 2.75) is 25.7 Å². The second-order valence-corrected chi connectivity index (χ2v) is 7.44. The van der Waals surface area contributed by atoms with Crippen molar-refractivity contribution >= 4 is 17.4 Å². The minimum absolute atomic E-state index is 0.0974. The Morgan fingerprint density at radius 2 is 2.04 bits per heavy atom. The molecule has 0 atom stereocenters. The number of benzene rings is 1. The van der Waals surface area contributed by atoms with E-state index in [1.54, 1.807) is 0 Å². The van der Waals surface area contributed by atoms with E-state index in [2.05, 4.69) is 38.3 Å². The summed E-state index contributed by atoms with van der Waals surface area (Å²) in [6, 6.07) is 12.1. The highest BCUT2D eigenvalue weighted by Gasteiger charge is 2.16. The van der Waals surface area contributed by atoms with Crippen molar-refractivity contribution in [2.75, 3.05) is 49.5 Å². The number of anilines is 2. The number of aryl methyl sites for hydroxylation is 1. The number of carbonyl (C=O) groups is 1. The number of aromatic nitrogens is 1. The summed E-state index contributed by atoms with van der Waals surface area (Å²) in [5, 5.41) is 2.91. The number of pyridine rings is 1. The lowest BCUT2D eigenvalue weighted by atomic mass is 10.0. The Morgan fingerprint density at radius 1 is 1.07 bits per heavy atom. The lowest BCUT2D eigenvalue weighted by Crippen LogP contribution is -2.32. The Balaban J connectivity index is 1.20. The number of hydrogen-bond donors (Lipinski definition) is 1. The summed E-state index contributed by atoms with van der Waals surface area (Å²) < 4.78 is 5.95. The minimum atomic E-state index is 0.0974. The van der Waals surface area contributed by atoms with Crippen LogP contribution in [-0.2, 0) is 11.2 Å². The van der Waals surface area contributed by atoms with E-state index in [4.69, 9.17) is 4.74 Å². The molecule has 1 amide bonds. The Bertz CT molecular complexity index is 796. The van der Waals surface area contributed by atoms with E-state index in [0.717, 1.165) is 69.2 Å². The van der Waals surface area contributed by atoms with Crippen LogP contribution in [0, 0.1) is 0 Å². The van der Waals surface area contributed by atoms with Gasteiger partial charge in [0, 0.05) is 44.5 Å². The van der Waals surface area contributed by atoms with Crippen LogP contribution in [0.3, 0.4) is 0 Å². The van der Waals surface area contributed by atoms with Crippen LogP contribution in [0.5, 0.6) is 5.75 Å². The maximum Gasteiger partial charge on any atom is 0.224 e. The van der Waals surface area contributed by atoms with E-state index in [-0.39, 0.29) is 5.91 Å². The summed E-state index contributed by atoms with van der Waals surface area (Å²) in [6.07, 6.45) is 5.38. The van der Waals surface area contributed by atoms with Gasteiger partial charge in [0.1, 0.15) is 11.6 Å². The number of ether oxygens (including phenoxy) is 1. The molecule has 1 saturated heterocycles. The molecule has 2 aromatic rings. The predicted molar refractivity (Wildman–Crippen MR) is 111 cm³/mol. The summed E-state index contributed by atoms with van der Waals surface area (Å²) in [7, 11) is 0. The van der Waals surface area contributed by atoms with E-state index >= 15 is 0 Å². The second kappa shape index (κ2) is 9.06. The van der Waals surface area contributed by atoms with Crippen molar-refractivity contribution in [1.82, 2.24) is 9.88 Å². The maximum atomic E-state index is 11.4. The van der Waals surface area contributed by atoms with Gasteiger partial charge in [-0.1, -0.05) is 6.07 Å². The SMILES string of the molecule is O=C1CCc2cc(OCCCN3CCCN(c4ccccn4)CC3)ccc2N1. The molecule has 6 nitrogen and oxygen atoms in total. The summed E-state index contributed by atoms with van der Waals surface area (Å²) >= 11 is 0. The summed E-state index contributed by atoms with van der Waals surface area (Å²) in [5.41, 5.74) is 2.09. The van der Waals surface area contributed by atoms with E-state index in [9.17, 15) is 4.79 Å². The Labute approximate surface area is 166 Å². The molecule has 148 valence electrons.